The Morgan fingerprint density at radius 2 is 1.89 bits per heavy atom. The van der Waals surface area contributed by atoms with Gasteiger partial charge in [0.1, 0.15) is 10.5 Å². The molecule has 0 aliphatic carbocycles. The number of nitrogen functional groups attached to an aromatic ring is 1. The number of rotatable bonds is 8. The molecular weight excluding hydrogens is 397 g/mol. The zero-order chi connectivity index (χ0) is 20.3. The van der Waals surface area contributed by atoms with Crippen molar-refractivity contribution in [2.75, 3.05) is 17.7 Å². The van der Waals surface area contributed by atoms with Crippen molar-refractivity contribution in [3.8, 4) is 0 Å². The average molecular weight is 422 g/mol. The number of halogens is 1. The van der Waals surface area contributed by atoms with E-state index in [0.717, 1.165) is 16.7 Å². The fourth-order valence-electron chi connectivity index (χ4n) is 2.87. The Kier molecular flexibility index (Phi) is 6.69. The van der Waals surface area contributed by atoms with Crippen molar-refractivity contribution in [3.05, 3.63) is 35.6 Å². The number of fused-ring (bicyclic) bond motifs is 1. The number of benzene rings is 1. The molecule has 0 aliphatic heterocycles. The fraction of sp³-hybridized carbons (Fsp3) is 0.421. The van der Waals surface area contributed by atoms with Crippen LogP contribution in [0.2, 0.25) is 0 Å². The van der Waals surface area contributed by atoms with Crippen molar-refractivity contribution in [2.45, 2.75) is 43.6 Å². The summed E-state index contributed by atoms with van der Waals surface area (Å²) in [7, 11) is 0. The predicted octanol–water partition coefficient (Wildman–Crippen LogP) is 4.48. The van der Waals surface area contributed by atoms with Gasteiger partial charge in [-0.2, -0.15) is 0 Å². The Morgan fingerprint density at radius 3 is 2.54 bits per heavy atom. The lowest BCUT2D eigenvalue weighted by Crippen LogP contribution is -2.26. The first-order valence-corrected chi connectivity index (χ1v) is 10.8. The standard InChI is InChI=1S/C19H24FN5OS2/c1-10(2)8-14(9-26)22-16-15-17(23-18(21)28-15)25-19(24-16)27-11(3)12-4-6-13(20)7-5-12/h4-7,10-11,14,26H,8-9H2,1-3H3,(H3,21,22,23,24,25). The second-order valence-corrected chi connectivity index (χ2v) is 9.36. The number of hydrogen-bond acceptors (Lipinski definition) is 8. The van der Waals surface area contributed by atoms with Crippen LogP contribution >= 0.6 is 23.1 Å². The van der Waals surface area contributed by atoms with Crippen molar-refractivity contribution < 1.29 is 9.50 Å². The van der Waals surface area contributed by atoms with Gasteiger partial charge in [-0.05, 0) is 37.0 Å². The van der Waals surface area contributed by atoms with Crippen LogP contribution in [0.1, 0.15) is 38.0 Å². The Bertz CT molecular complexity index is 932. The summed E-state index contributed by atoms with van der Waals surface area (Å²) >= 11 is 2.79. The summed E-state index contributed by atoms with van der Waals surface area (Å²) in [6.45, 7) is 6.24. The SMILES string of the molecule is CC(C)CC(CO)Nc1nc(SC(C)c2ccc(F)cc2)nc2nc(N)sc12. The van der Waals surface area contributed by atoms with Crippen LogP contribution < -0.4 is 11.1 Å². The first-order chi connectivity index (χ1) is 13.4. The summed E-state index contributed by atoms with van der Waals surface area (Å²) in [4.78, 5) is 13.5. The number of anilines is 2. The Labute approximate surface area is 171 Å². The van der Waals surface area contributed by atoms with E-state index in [1.54, 1.807) is 12.1 Å². The normalized spacial score (nSPS) is 13.8. The van der Waals surface area contributed by atoms with E-state index in [-0.39, 0.29) is 23.7 Å². The highest BCUT2D eigenvalue weighted by Crippen LogP contribution is 2.36. The van der Waals surface area contributed by atoms with Gasteiger partial charge in [-0.3, -0.25) is 0 Å². The molecular formula is C19H24FN5OS2. The van der Waals surface area contributed by atoms with Crippen LogP contribution in [-0.2, 0) is 0 Å². The molecule has 9 heteroatoms. The maximum absolute atomic E-state index is 13.2. The molecule has 0 fully saturated rings. The molecule has 0 spiro atoms. The van der Waals surface area contributed by atoms with Crippen LogP contribution in [0.3, 0.4) is 0 Å². The van der Waals surface area contributed by atoms with Gasteiger partial charge in [-0.25, -0.2) is 19.3 Å². The molecule has 2 heterocycles. The van der Waals surface area contributed by atoms with Crippen LogP contribution in [0.4, 0.5) is 15.3 Å². The molecule has 1 aromatic carbocycles. The summed E-state index contributed by atoms with van der Waals surface area (Å²) in [6.07, 6.45) is 0.810. The molecule has 0 bridgehead atoms. The molecule has 0 saturated heterocycles. The third-order valence-electron chi connectivity index (χ3n) is 4.19. The molecule has 28 heavy (non-hydrogen) atoms. The molecule has 0 saturated carbocycles. The summed E-state index contributed by atoms with van der Waals surface area (Å²) in [5.74, 6) is 0.803. The van der Waals surface area contributed by atoms with Gasteiger partial charge in [0.05, 0.1) is 12.6 Å². The molecule has 2 atom stereocenters. The lowest BCUT2D eigenvalue weighted by atomic mass is 10.0. The maximum atomic E-state index is 13.2. The number of hydrogen-bond donors (Lipinski definition) is 3. The van der Waals surface area contributed by atoms with Crippen molar-refractivity contribution in [2.24, 2.45) is 5.92 Å². The quantitative estimate of drug-likeness (QED) is 0.364. The first kappa shape index (κ1) is 20.8. The summed E-state index contributed by atoms with van der Waals surface area (Å²) in [5.41, 5.74) is 7.40. The van der Waals surface area contributed by atoms with Gasteiger partial charge in [0.2, 0.25) is 0 Å². The van der Waals surface area contributed by atoms with E-state index in [4.69, 9.17) is 5.73 Å². The van der Waals surface area contributed by atoms with Crippen LogP contribution in [-0.4, -0.2) is 32.7 Å². The lowest BCUT2D eigenvalue weighted by Gasteiger charge is -2.19. The van der Waals surface area contributed by atoms with E-state index in [2.05, 4.69) is 34.1 Å². The summed E-state index contributed by atoms with van der Waals surface area (Å²) < 4.78 is 13.9. The van der Waals surface area contributed by atoms with Crippen LogP contribution in [0.15, 0.2) is 29.4 Å². The third kappa shape index (κ3) is 5.09. The van der Waals surface area contributed by atoms with Gasteiger partial charge in [0.15, 0.2) is 21.8 Å². The number of thioether (sulfide) groups is 1. The van der Waals surface area contributed by atoms with E-state index in [1.165, 1.54) is 35.2 Å². The molecule has 6 nitrogen and oxygen atoms in total. The van der Waals surface area contributed by atoms with Gasteiger partial charge >= 0.3 is 0 Å². The smallest absolute Gasteiger partial charge is 0.192 e. The molecule has 0 amide bonds. The Balaban J connectivity index is 1.89. The average Bonchev–Trinajstić information content (AvgIpc) is 3.01. The Morgan fingerprint density at radius 1 is 1.18 bits per heavy atom. The molecule has 150 valence electrons. The van der Waals surface area contributed by atoms with E-state index < -0.39 is 0 Å². The van der Waals surface area contributed by atoms with E-state index in [0.29, 0.717) is 27.7 Å². The third-order valence-corrected chi connectivity index (χ3v) is 6.09. The van der Waals surface area contributed by atoms with Crippen molar-refractivity contribution in [3.63, 3.8) is 0 Å². The molecule has 3 rings (SSSR count). The van der Waals surface area contributed by atoms with Crippen molar-refractivity contribution in [1.82, 2.24) is 15.0 Å². The number of thiazole rings is 1. The van der Waals surface area contributed by atoms with Gasteiger partial charge in [-0.1, -0.05) is 49.1 Å². The van der Waals surface area contributed by atoms with E-state index in [1.807, 2.05) is 6.92 Å². The topological polar surface area (TPSA) is 97.0 Å². The number of aromatic nitrogens is 3. The molecule has 2 aromatic heterocycles. The summed E-state index contributed by atoms with van der Waals surface area (Å²) in [5, 5.41) is 14.1. The lowest BCUT2D eigenvalue weighted by molar-refractivity contribution is 0.259. The minimum Gasteiger partial charge on any atom is -0.394 e. The minimum absolute atomic E-state index is 0.00637. The molecule has 0 aliphatic rings. The van der Waals surface area contributed by atoms with Crippen LogP contribution in [0.5, 0.6) is 0 Å². The Hall–Kier alpha value is -1.97. The number of aliphatic hydroxyl groups excluding tert-OH is 1. The fourth-order valence-corrected chi connectivity index (χ4v) is 4.49. The van der Waals surface area contributed by atoms with E-state index in [9.17, 15) is 9.50 Å². The highest BCUT2D eigenvalue weighted by Gasteiger charge is 2.18. The predicted molar refractivity (Wildman–Crippen MR) is 114 cm³/mol. The molecule has 3 aromatic rings. The number of aliphatic hydroxyl groups is 1. The second-order valence-electron chi connectivity index (χ2n) is 7.02. The van der Waals surface area contributed by atoms with E-state index >= 15 is 0 Å². The number of nitrogens with two attached hydrogens (primary N) is 1. The maximum Gasteiger partial charge on any atom is 0.192 e. The number of nitrogens with one attached hydrogen (secondary N) is 1. The van der Waals surface area contributed by atoms with Gasteiger partial charge in [0.25, 0.3) is 0 Å². The molecule has 0 radical (unpaired) electrons. The van der Waals surface area contributed by atoms with Crippen LogP contribution in [0.25, 0.3) is 10.3 Å². The highest BCUT2D eigenvalue weighted by molar-refractivity contribution is 7.99. The first-order valence-electron chi connectivity index (χ1n) is 9.09. The summed E-state index contributed by atoms with van der Waals surface area (Å²) in [6, 6.07) is 6.30. The zero-order valence-corrected chi connectivity index (χ0v) is 17.6. The highest BCUT2D eigenvalue weighted by atomic mass is 32.2. The van der Waals surface area contributed by atoms with Crippen molar-refractivity contribution in [1.29, 1.82) is 0 Å². The molecule has 2 unspecified atom stereocenters. The number of nitrogens with zero attached hydrogens (tertiary/aromatic N) is 3. The minimum atomic E-state index is -0.261. The van der Waals surface area contributed by atoms with Gasteiger partial charge < -0.3 is 16.2 Å². The second kappa shape index (κ2) is 9.02. The zero-order valence-electron chi connectivity index (χ0n) is 16.0. The van der Waals surface area contributed by atoms with Gasteiger partial charge in [0, 0.05) is 5.25 Å². The largest absolute Gasteiger partial charge is 0.394 e. The van der Waals surface area contributed by atoms with Crippen LogP contribution in [0, 0.1) is 11.7 Å². The van der Waals surface area contributed by atoms with Crippen molar-refractivity contribution >= 4 is 44.4 Å². The molecule has 4 N–H and O–H groups in total. The monoisotopic (exact) mass is 421 g/mol. The van der Waals surface area contributed by atoms with Gasteiger partial charge in [-0.15, -0.1) is 0 Å².